The van der Waals surface area contributed by atoms with Gasteiger partial charge in [-0.3, -0.25) is 14.5 Å². The highest BCUT2D eigenvalue weighted by Gasteiger charge is 2.66. The highest BCUT2D eigenvalue weighted by molar-refractivity contribution is 6.31. The van der Waals surface area contributed by atoms with Crippen LogP contribution in [0, 0.1) is 5.92 Å². The molecule has 41 heavy (non-hydrogen) atoms. The van der Waals surface area contributed by atoms with Crippen molar-refractivity contribution in [2.24, 2.45) is 5.92 Å². The summed E-state index contributed by atoms with van der Waals surface area (Å²) in [6.45, 7) is 0.778. The van der Waals surface area contributed by atoms with Gasteiger partial charge in [-0.05, 0) is 36.4 Å². The Morgan fingerprint density at radius 2 is 1.63 bits per heavy atom. The number of Topliss-reactive ketones (excluding diaryl/α,β-unsaturated/α-hetero) is 1. The molecule has 2 aliphatic rings. The number of carbonyl (C=O) groups excluding carboxylic acids is 2. The summed E-state index contributed by atoms with van der Waals surface area (Å²) in [6.07, 6.45) is 0. The monoisotopic (exact) mass is 566 g/mol. The second kappa shape index (κ2) is 10.7. The Morgan fingerprint density at radius 1 is 0.927 bits per heavy atom. The molecule has 4 aromatic rings. The molecule has 7 heteroatoms. The minimum atomic E-state index is -1.22. The maximum Gasteiger partial charge on any atom is 0.253 e. The number of fused-ring (bicyclic) bond motifs is 2. The highest BCUT2D eigenvalue weighted by atomic mass is 35.5. The molecular formula is C34H31ClN2O4. The van der Waals surface area contributed by atoms with Crippen LogP contribution in [0.2, 0.25) is 5.02 Å². The Kier molecular flexibility index (Phi) is 7.06. The Balaban J connectivity index is 1.56. The van der Waals surface area contributed by atoms with Gasteiger partial charge in [0, 0.05) is 40.4 Å². The number of ether oxygens (including phenoxy) is 2. The highest BCUT2D eigenvalue weighted by Crippen LogP contribution is 2.58. The summed E-state index contributed by atoms with van der Waals surface area (Å²) >= 11 is 6.55. The van der Waals surface area contributed by atoms with E-state index in [0.29, 0.717) is 35.2 Å². The number of rotatable bonds is 7. The number of para-hydroxylation sites is 1. The van der Waals surface area contributed by atoms with E-state index in [1.54, 1.807) is 19.1 Å². The molecule has 0 radical (unpaired) electrons. The van der Waals surface area contributed by atoms with Gasteiger partial charge in [0.1, 0.15) is 17.0 Å². The standard InChI is InChI=1S/C34H31ClN2O4/c1-36-21-26(25-18-17-24(40-2)19-30(25)41-3)31(32(38)22-11-5-4-6-12-22)34(36)27-14-8-10-16-29(27)37(33(34)39)20-23-13-7-9-15-28(23)35/h4-19,26,31H,20-21H2,1-3H3/t26-,31+,34-/m0/s1. The molecule has 0 unspecified atom stereocenters. The lowest BCUT2D eigenvalue weighted by Gasteiger charge is -2.36. The number of hydrogen-bond acceptors (Lipinski definition) is 5. The van der Waals surface area contributed by atoms with Crippen LogP contribution >= 0.6 is 11.6 Å². The molecule has 1 spiro atoms. The van der Waals surface area contributed by atoms with Crippen LogP contribution in [0.15, 0.2) is 97.1 Å². The van der Waals surface area contributed by atoms with Crippen LogP contribution in [0.25, 0.3) is 0 Å². The molecule has 3 atom stereocenters. The van der Waals surface area contributed by atoms with Crippen molar-refractivity contribution in [3.63, 3.8) is 0 Å². The molecule has 208 valence electrons. The van der Waals surface area contributed by atoms with Gasteiger partial charge >= 0.3 is 0 Å². The van der Waals surface area contributed by atoms with E-state index >= 15 is 0 Å². The molecule has 0 saturated carbocycles. The molecule has 0 aromatic heterocycles. The fourth-order valence-corrected chi connectivity index (χ4v) is 6.91. The molecule has 1 saturated heterocycles. The second-order valence-corrected chi connectivity index (χ2v) is 11.0. The quantitative estimate of drug-likeness (QED) is 0.245. The molecule has 1 amide bonds. The zero-order valence-corrected chi connectivity index (χ0v) is 24.0. The topological polar surface area (TPSA) is 59.1 Å². The van der Waals surface area contributed by atoms with E-state index < -0.39 is 11.5 Å². The molecule has 6 nitrogen and oxygen atoms in total. The van der Waals surface area contributed by atoms with Crippen LogP contribution in [-0.4, -0.2) is 44.4 Å². The van der Waals surface area contributed by atoms with Crippen LogP contribution in [0.5, 0.6) is 11.5 Å². The van der Waals surface area contributed by atoms with Crippen molar-refractivity contribution in [2.75, 3.05) is 32.7 Å². The number of likely N-dealkylation sites (tertiary alicyclic amines) is 1. The van der Waals surface area contributed by atoms with E-state index in [-0.39, 0.29) is 17.6 Å². The van der Waals surface area contributed by atoms with Crippen molar-refractivity contribution in [3.8, 4) is 11.5 Å². The third kappa shape index (κ3) is 4.21. The van der Waals surface area contributed by atoms with Crippen LogP contribution in [0.4, 0.5) is 5.69 Å². The number of halogens is 1. The lowest BCUT2D eigenvalue weighted by Crippen LogP contribution is -2.53. The van der Waals surface area contributed by atoms with Gasteiger partial charge in [-0.1, -0.05) is 84.4 Å². The van der Waals surface area contributed by atoms with Gasteiger partial charge in [-0.2, -0.15) is 0 Å². The zero-order chi connectivity index (χ0) is 28.7. The second-order valence-electron chi connectivity index (χ2n) is 10.6. The Labute approximate surface area is 245 Å². The minimum absolute atomic E-state index is 0.0828. The molecule has 0 bridgehead atoms. The summed E-state index contributed by atoms with van der Waals surface area (Å²) in [6, 6.07) is 30.3. The van der Waals surface area contributed by atoms with Crippen molar-refractivity contribution >= 4 is 29.0 Å². The first-order valence-electron chi connectivity index (χ1n) is 13.6. The third-order valence-corrected chi connectivity index (χ3v) is 8.94. The summed E-state index contributed by atoms with van der Waals surface area (Å²) in [7, 11) is 5.16. The summed E-state index contributed by atoms with van der Waals surface area (Å²) in [5, 5.41) is 0.594. The summed E-state index contributed by atoms with van der Waals surface area (Å²) < 4.78 is 11.3. The average molecular weight is 567 g/mol. The van der Waals surface area contributed by atoms with Crippen molar-refractivity contribution < 1.29 is 19.1 Å². The van der Waals surface area contributed by atoms with Crippen molar-refractivity contribution in [2.45, 2.75) is 18.0 Å². The van der Waals surface area contributed by atoms with E-state index in [9.17, 15) is 9.59 Å². The van der Waals surface area contributed by atoms with E-state index in [2.05, 4.69) is 4.90 Å². The maximum atomic E-state index is 14.9. The van der Waals surface area contributed by atoms with E-state index in [0.717, 1.165) is 22.4 Å². The predicted octanol–water partition coefficient (Wildman–Crippen LogP) is 6.33. The number of anilines is 1. The van der Waals surface area contributed by atoms with Gasteiger partial charge < -0.3 is 14.4 Å². The van der Waals surface area contributed by atoms with Crippen molar-refractivity contribution in [1.82, 2.24) is 4.90 Å². The van der Waals surface area contributed by atoms with Gasteiger partial charge in [0.15, 0.2) is 5.78 Å². The number of nitrogens with zero attached hydrogens (tertiary/aromatic N) is 2. The summed E-state index contributed by atoms with van der Waals surface area (Å²) in [5.74, 6) is 0.0157. The lowest BCUT2D eigenvalue weighted by atomic mass is 9.70. The fourth-order valence-electron chi connectivity index (χ4n) is 6.72. The average Bonchev–Trinajstić information content (AvgIpc) is 3.45. The van der Waals surface area contributed by atoms with Crippen LogP contribution in [-0.2, 0) is 16.9 Å². The Morgan fingerprint density at radius 3 is 2.37 bits per heavy atom. The first kappa shape index (κ1) is 27.1. The van der Waals surface area contributed by atoms with Gasteiger partial charge in [0.25, 0.3) is 5.91 Å². The number of methoxy groups -OCH3 is 2. The number of hydrogen-bond donors (Lipinski definition) is 0. The van der Waals surface area contributed by atoms with Crippen LogP contribution < -0.4 is 14.4 Å². The zero-order valence-electron chi connectivity index (χ0n) is 23.2. The molecule has 2 aliphatic heterocycles. The lowest BCUT2D eigenvalue weighted by molar-refractivity contribution is -0.129. The molecule has 1 fully saturated rings. The fraction of sp³-hybridized carbons (Fsp3) is 0.235. The first-order valence-corrected chi connectivity index (χ1v) is 14.0. The molecular weight excluding hydrogens is 536 g/mol. The number of amides is 1. The smallest absolute Gasteiger partial charge is 0.253 e. The molecule has 0 aliphatic carbocycles. The number of carbonyl (C=O) groups is 2. The van der Waals surface area contributed by atoms with Gasteiger partial charge in [-0.15, -0.1) is 0 Å². The molecule has 4 aromatic carbocycles. The minimum Gasteiger partial charge on any atom is -0.497 e. The molecule has 0 N–H and O–H groups in total. The van der Waals surface area contributed by atoms with Gasteiger partial charge in [0.2, 0.25) is 0 Å². The SMILES string of the molecule is COc1ccc([C@@H]2CN(C)[C@]3(C(=O)N(Cc4ccccc4Cl)c4ccccc43)[C@H]2C(=O)c2ccccc2)c(OC)c1. The Bertz CT molecular complexity index is 1620. The van der Waals surface area contributed by atoms with Crippen molar-refractivity contribution in [1.29, 1.82) is 0 Å². The number of benzene rings is 4. The van der Waals surface area contributed by atoms with Crippen molar-refractivity contribution in [3.05, 3.63) is 124 Å². The van der Waals surface area contributed by atoms with Gasteiger partial charge in [0.05, 0.1) is 26.7 Å². The number of ketones is 1. The Hall–Kier alpha value is -4.13. The van der Waals surface area contributed by atoms with E-state index in [4.69, 9.17) is 21.1 Å². The largest absolute Gasteiger partial charge is 0.497 e. The summed E-state index contributed by atoms with van der Waals surface area (Å²) in [5.41, 5.74) is 2.66. The van der Waals surface area contributed by atoms with Gasteiger partial charge in [-0.25, -0.2) is 0 Å². The maximum absolute atomic E-state index is 14.9. The third-order valence-electron chi connectivity index (χ3n) is 8.57. The summed E-state index contributed by atoms with van der Waals surface area (Å²) in [4.78, 5) is 33.4. The van der Waals surface area contributed by atoms with Crippen LogP contribution in [0.1, 0.15) is 33.0 Å². The van der Waals surface area contributed by atoms with Crippen LogP contribution in [0.3, 0.4) is 0 Å². The van der Waals surface area contributed by atoms with E-state index in [1.165, 1.54) is 0 Å². The predicted molar refractivity (Wildman–Crippen MR) is 160 cm³/mol. The first-order chi connectivity index (χ1) is 19.9. The van der Waals surface area contributed by atoms with E-state index in [1.807, 2.05) is 104 Å². The number of likely N-dealkylation sites (N-methyl/N-ethyl adjacent to an activating group) is 1. The molecule has 2 heterocycles. The normalized spacial score (nSPS) is 21.8. The molecule has 6 rings (SSSR count).